The highest BCUT2D eigenvalue weighted by molar-refractivity contribution is 5.97. The third kappa shape index (κ3) is 3.57. The second-order valence-corrected chi connectivity index (χ2v) is 6.35. The topological polar surface area (TPSA) is 58.6 Å². The molecule has 21 heavy (non-hydrogen) atoms. The Hall–Kier alpha value is -1.10. The Morgan fingerprint density at radius 3 is 2.71 bits per heavy atom. The van der Waals surface area contributed by atoms with Gasteiger partial charge in [0.2, 0.25) is 11.8 Å². The standard InChI is InChI=1S/C16H28N2O3/c1-4-11(3)14-16(20)18(13(5-2)15(19)17-14)8-6-12-7-9-21-10-12/h11-14H,4-10H2,1-3H3,(H,17,19). The van der Waals surface area contributed by atoms with Crippen molar-refractivity contribution < 1.29 is 14.3 Å². The molecule has 0 aliphatic carbocycles. The molecule has 4 unspecified atom stereocenters. The van der Waals surface area contributed by atoms with Crippen LogP contribution in [0.3, 0.4) is 0 Å². The first-order chi connectivity index (χ1) is 10.1. The van der Waals surface area contributed by atoms with Crippen LogP contribution in [0, 0.1) is 11.8 Å². The molecule has 120 valence electrons. The maximum absolute atomic E-state index is 12.7. The fourth-order valence-corrected chi connectivity index (χ4v) is 3.21. The summed E-state index contributed by atoms with van der Waals surface area (Å²) < 4.78 is 5.39. The van der Waals surface area contributed by atoms with E-state index in [1.54, 1.807) is 0 Å². The Bertz CT molecular complexity index is 380. The van der Waals surface area contributed by atoms with Crippen molar-refractivity contribution in [2.75, 3.05) is 19.8 Å². The van der Waals surface area contributed by atoms with Gasteiger partial charge in [0, 0.05) is 19.8 Å². The van der Waals surface area contributed by atoms with Gasteiger partial charge in [-0.2, -0.15) is 0 Å². The van der Waals surface area contributed by atoms with E-state index in [4.69, 9.17) is 4.74 Å². The average molecular weight is 296 g/mol. The van der Waals surface area contributed by atoms with Crippen molar-refractivity contribution in [1.29, 1.82) is 0 Å². The Morgan fingerprint density at radius 2 is 2.14 bits per heavy atom. The quantitative estimate of drug-likeness (QED) is 0.809. The van der Waals surface area contributed by atoms with E-state index in [0.29, 0.717) is 18.9 Å². The summed E-state index contributed by atoms with van der Waals surface area (Å²) in [6.07, 6.45) is 3.56. The molecule has 2 fully saturated rings. The van der Waals surface area contributed by atoms with E-state index in [1.165, 1.54) is 0 Å². The molecule has 2 rings (SSSR count). The number of carbonyl (C=O) groups is 2. The second kappa shape index (κ2) is 7.25. The summed E-state index contributed by atoms with van der Waals surface area (Å²) in [7, 11) is 0. The van der Waals surface area contributed by atoms with Gasteiger partial charge >= 0.3 is 0 Å². The van der Waals surface area contributed by atoms with Crippen LogP contribution in [0.4, 0.5) is 0 Å². The lowest BCUT2D eigenvalue weighted by Gasteiger charge is -2.40. The zero-order valence-corrected chi connectivity index (χ0v) is 13.4. The molecule has 0 aromatic carbocycles. The Morgan fingerprint density at radius 1 is 1.38 bits per heavy atom. The molecule has 2 saturated heterocycles. The van der Waals surface area contributed by atoms with Crippen LogP contribution >= 0.6 is 0 Å². The molecule has 0 saturated carbocycles. The number of piperazine rings is 1. The molecule has 2 heterocycles. The van der Waals surface area contributed by atoms with Gasteiger partial charge in [-0.3, -0.25) is 9.59 Å². The lowest BCUT2D eigenvalue weighted by molar-refractivity contribution is -0.151. The molecular weight excluding hydrogens is 268 g/mol. The van der Waals surface area contributed by atoms with E-state index in [0.717, 1.165) is 32.5 Å². The first kappa shape index (κ1) is 16.3. The Balaban J connectivity index is 2.04. The fraction of sp³-hybridized carbons (Fsp3) is 0.875. The van der Waals surface area contributed by atoms with E-state index in [-0.39, 0.29) is 29.8 Å². The minimum absolute atomic E-state index is 0.00470. The molecule has 5 heteroatoms. The summed E-state index contributed by atoms with van der Waals surface area (Å²) in [6, 6.07) is -0.662. The van der Waals surface area contributed by atoms with Gasteiger partial charge in [0.15, 0.2) is 0 Å². The zero-order chi connectivity index (χ0) is 15.4. The fourth-order valence-electron chi connectivity index (χ4n) is 3.21. The van der Waals surface area contributed by atoms with Crippen molar-refractivity contribution in [2.45, 2.75) is 58.5 Å². The summed E-state index contributed by atoms with van der Waals surface area (Å²) >= 11 is 0. The van der Waals surface area contributed by atoms with Crippen LogP contribution in [0.2, 0.25) is 0 Å². The molecule has 0 radical (unpaired) electrons. The monoisotopic (exact) mass is 296 g/mol. The summed E-state index contributed by atoms with van der Waals surface area (Å²) in [5.74, 6) is 0.804. The number of nitrogens with zero attached hydrogens (tertiary/aromatic N) is 1. The average Bonchev–Trinajstić information content (AvgIpc) is 3.00. The Labute approximate surface area is 127 Å². The van der Waals surface area contributed by atoms with E-state index in [9.17, 15) is 9.59 Å². The van der Waals surface area contributed by atoms with E-state index in [2.05, 4.69) is 12.2 Å². The van der Waals surface area contributed by atoms with Crippen molar-refractivity contribution in [3.8, 4) is 0 Å². The smallest absolute Gasteiger partial charge is 0.246 e. The van der Waals surface area contributed by atoms with Gasteiger partial charge in [-0.25, -0.2) is 0 Å². The minimum Gasteiger partial charge on any atom is -0.381 e. The number of nitrogens with one attached hydrogen (secondary N) is 1. The van der Waals surface area contributed by atoms with E-state index in [1.807, 2.05) is 18.7 Å². The van der Waals surface area contributed by atoms with Gasteiger partial charge in [0.1, 0.15) is 12.1 Å². The SMILES string of the molecule is CCC(C)C1NC(=O)C(CC)N(CCC2CCOC2)C1=O. The third-order valence-corrected chi connectivity index (χ3v) is 4.93. The van der Waals surface area contributed by atoms with Crippen molar-refractivity contribution in [3.05, 3.63) is 0 Å². The van der Waals surface area contributed by atoms with Gasteiger partial charge < -0.3 is 15.0 Å². The number of amides is 2. The van der Waals surface area contributed by atoms with Crippen molar-refractivity contribution in [3.63, 3.8) is 0 Å². The van der Waals surface area contributed by atoms with Crippen LogP contribution < -0.4 is 5.32 Å². The van der Waals surface area contributed by atoms with Crippen LogP contribution in [-0.4, -0.2) is 48.6 Å². The molecule has 4 atom stereocenters. The normalized spacial score (nSPS) is 31.4. The predicted octanol–water partition coefficient (Wildman–Crippen LogP) is 1.56. The van der Waals surface area contributed by atoms with Gasteiger partial charge in [0.25, 0.3) is 0 Å². The maximum Gasteiger partial charge on any atom is 0.246 e. The minimum atomic E-state index is -0.356. The number of ether oxygens (including phenoxy) is 1. The highest BCUT2D eigenvalue weighted by Gasteiger charge is 2.41. The van der Waals surface area contributed by atoms with Crippen LogP contribution in [0.5, 0.6) is 0 Å². The summed E-state index contributed by atoms with van der Waals surface area (Å²) in [4.78, 5) is 26.8. The molecular formula is C16H28N2O3. The molecule has 0 spiro atoms. The third-order valence-electron chi connectivity index (χ3n) is 4.93. The molecule has 0 aromatic rings. The van der Waals surface area contributed by atoms with E-state index >= 15 is 0 Å². The molecule has 1 N–H and O–H groups in total. The molecule has 0 aromatic heterocycles. The highest BCUT2D eigenvalue weighted by atomic mass is 16.5. The largest absolute Gasteiger partial charge is 0.381 e. The van der Waals surface area contributed by atoms with Crippen LogP contribution in [-0.2, 0) is 14.3 Å². The molecule has 2 aliphatic heterocycles. The number of rotatable bonds is 6. The van der Waals surface area contributed by atoms with Crippen LogP contribution in [0.25, 0.3) is 0 Å². The number of hydrogen-bond acceptors (Lipinski definition) is 3. The van der Waals surface area contributed by atoms with Gasteiger partial charge in [-0.1, -0.05) is 27.2 Å². The van der Waals surface area contributed by atoms with Crippen LogP contribution in [0.1, 0.15) is 46.5 Å². The predicted molar refractivity (Wildman–Crippen MR) is 80.7 cm³/mol. The second-order valence-electron chi connectivity index (χ2n) is 6.35. The maximum atomic E-state index is 12.7. The molecule has 0 bridgehead atoms. The first-order valence-corrected chi connectivity index (χ1v) is 8.27. The van der Waals surface area contributed by atoms with Gasteiger partial charge in [-0.15, -0.1) is 0 Å². The number of carbonyl (C=O) groups excluding carboxylic acids is 2. The zero-order valence-electron chi connectivity index (χ0n) is 13.4. The molecule has 2 aliphatic rings. The Kier molecular flexibility index (Phi) is 5.62. The summed E-state index contributed by atoms with van der Waals surface area (Å²) in [6.45, 7) is 8.33. The summed E-state index contributed by atoms with van der Waals surface area (Å²) in [5, 5.41) is 2.92. The van der Waals surface area contributed by atoms with Gasteiger partial charge in [-0.05, 0) is 31.1 Å². The molecule has 5 nitrogen and oxygen atoms in total. The van der Waals surface area contributed by atoms with Crippen LogP contribution in [0.15, 0.2) is 0 Å². The van der Waals surface area contributed by atoms with Crippen molar-refractivity contribution >= 4 is 11.8 Å². The lowest BCUT2D eigenvalue weighted by Crippen LogP contribution is -2.64. The van der Waals surface area contributed by atoms with Crippen molar-refractivity contribution in [1.82, 2.24) is 10.2 Å². The van der Waals surface area contributed by atoms with E-state index < -0.39 is 0 Å². The lowest BCUT2D eigenvalue weighted by atomic mass is 9.93. The van der Waals surface area contributed by atoms with Crippen molar-refractivity contribution in [2.24, 2.45) is 11.8 Å². The first-order valence-electron chi connectivity index (χ1n) is 8.27. The van der Waals surface area contributed by atoms with Gasteiger partial charge in [0.05, 0.1) is 0 Å². The molecule has 2 amide bonds. The highest BCUT2D eigenvalue weighted by Crippen LogP contribution is 2.22. The number of hydrogen-bond donors (Lipinski definition) is 1. The summed E-state index contributed by atoms with van der Waals surface area (Å²) in [5.41, 5.74) is 0.